The van der Waals surface area contributed by atoms with E-state index >= 15 is 4.39 Å². The fourth-order valence-corrected chi connectivity index (χ4v) is 3.21. The smallest absolute Gasteiger partial charge is 0.168 e. The predicted octanol–water partition coefficient (Wildman–Crippen LogP) is 5.22. The summed E-state index contributed by atoms with van der Waals surface area (Å²) in [6.07, 6.45) is 2.95. The molecule has 0 radical (unpaired) electrons. The highest BCUT2D eigenvalue weighted by molar-refractivity contribution is 5.91. The van der Waals surface area contributed by atoms with Gasteiger partial charge < -0.3 is 14.7 Å². The molecule has 166 valence electrons. The standard InChI is InChI=1S/C22H18F4N4O2/c1-22(2,31)11-30(21-13-10-28-29-17(13)5-6-27-21)18-8-16(26)20(9-14(18)24)32-19-4-3-12(23)7-15(19)25/h3-10,31H,11H2,1-2H3,(H,28,29). The van der Waals surface area contributed by atoms with E-state index in [4.69, 9.17) is 4.74 Å². The Hall–Kier alpha value is -3.66. The van der Waals surface area contributed by atoms with Crippen molar-refractivity contribution in [1.82, 2.24) is 15.2 Å². The number of hydrogen-bond donors (Lipinski definition) is 2. The van der Waals surface area contributed by atoms with Crippen LogP contribution in [0.4, 0.5) is 29.1 Å². The maximum Gasteiger partial charge on any atom is 0.168 e. The lowest BCUT2D eigenvalue weighted by molar-refractivity contribution is 0.0896. The van der Waals surface area contributed by atoms with E-state index < -0.39 is 40.4 Å². The number of pyridine rings is 1. The maximum atomic E-state index is 15.2. The van der Waals surface area contributed by atoms with Gasteiger partial charge in [-0.2, -0.15) is 5.10 Å². The Bertz CT molecular complexity index is 1290. The number of benzene rings is 2. The van der Waals surface area contributed by atoms with Crippen LogP contribution in [-0.2, 0) is 0 Å². The van der Waals surface area contributed by atoms with Gasteiger partial charge in [0, 0.05) is 24.4 Å². The highest BCUT2D eigenvalue weighted by Gasteiger charge is 2.27. The van der Waals surface area contributed by atoms with Gasteiger partial charge in [0.05, 0.1) is 34.9 Å². The van der Waals surface area contributed by atoms with E-state index in [1.165, 1.54) is 31.1 Å². The number of nitrogens with one attached hydrogen (secondary N) is 1. The number of anilines is 2. The first-order valence-corrected chi connectivity index (χ1v) is 9.52. The van der Waals surface area contributed by atoms with Crippen LogP contribution in [-0.4, -0.2) is 32.4 Å². The zero-order valence-electron chi connectivity index (χ0n) is 17.0. The van der Waals surface area contributed by atoms with Crippen LogP contribution in [0.15, 0.2) is 48.8 Å². The van der Waals surface area contributed by atoms with Gasteiger partial charge in [0.2, 0.25) is 0 Å². The molecule has 2 heterocycles. The van der Waals surface area contributed by atoms with Crippen molar-refractivity contribution in [2.45, 2.75) is 19.4 Å². The van der Waals surface area contributed by atoms with Crippen LogP contribution in [0.1, 0.15) is 13.8 Å². The van der Waals surface area contributed by atoms with E-state index in [1.807, 2.05) is 0 Å². The average Bonchev–Trinajstić information content (AvgIpc) is 3.19. The Morgan fingerprint density at radius 1 is 1.00 bits per heavy atom. The highest BCUT2D eigenvalue weighted by Crippen LogP contribution is 2.37. The molecule has 10 heteroatoms. The third-order valence-electron chi connectivity index (χ3n) is 4.55. The van der Waals surface area contributed by atoms with Gasteiger partial charge >= 0.3 is 0 Å². The van der Waals surface area contributed by atoms with Gasteiger partial charge in [0.15, 0.2) is 29.0 Å². The summed E-state index contributed by atoms with van der Waals surface area (Å²) in [6, 6.07) is 5.75. The minimum Gasteiger partial charge on any atom is -0.451 e. The Morgan fingerprint density at radius 2 is 1.75 bits per heavy atom. The summed E-state index contributed by atoms with van der Waals surface area (Å²) in [4.78, 5) is 5.59. The topological polar surface area (TPSA) is 74.3 Å². The molecular formula is C22H18F4N4O2. The molecule has 0 aliphatic heterocycles. The van der Waals surface area contributed by atoms with E-state index in [1.54, 1.807) is 6.07 Å². The minimum absolute atomic E-state index is 0.132. The molecule has 0 atom stereocenters. The molecule has 0 bridgehead atoms. The minimum atomic E-state index is -1.30. The molecule has 0 aliphatic carbocycles. The quantitative estimate of drug-likeness (QED) is 0.398. The molecule has 0 unspecified atom stereocenters. The molecule has 0 spiro atoms. The van der Waals surface area contributed by atoms with E-state index in [2.05, 4.69) is 15.2 Å². The van der Waals surface area contributed by atoms with Crippen molar-refractivity contribution in [2.24, 2.45) is 0 Å². The Balaban J connectivity index is 1.78. The lowest BCUT2D eigenvalue weighted by Gasteiger charge is -2.31. The molecule has 2 aromatic carbocycles. The van der Waals surface area contributed by atoms with Crippen molar-refractivity contribution in [3.8, 4) is 11.5 Å². The number of aromatic nitrogens is 3. The van der Waals surface area contributed by atoms with Crippen LogP contribution in [0.3, 0.4) is 0 Å². The number of H-pyrrole nitrogens is 1. The molecule has 2 N–H and O–H groups in total. The molecule has 0 saturated heterocycles. The van der Waals surface area contributed by atoms with Gasteiger partial charge in [0.1, 0.15) is 11.6 Å². The monoisotopic (exact) mass is 446 g/mol. The molecule has 4 aromatic rings. The van der Waals surface area contributed by atoms with Crippen LogP contribution >= 0.6 is 0 Å². The number of ether oxygens (including phenoxy) is 1. The summed E-state index contributed by atoms with van der Waals surface area (Å²) in [5.41, 5.74) is -0.913. The van der Waals surface area contributed by atoms with E-state index in [-0.39, 0.29) is 18.1 Å². The highest BCUT2D eigenvalue weighted by atomic mass is 19.1. The Labute approximate surface area is 180 Å². The summed E-state index contributed by atoms with van der Waals surface area (Å²) in [5, 5.41) is 17.6. The van der Waals surface area contributed by atoms with Crippen LogP contribution in [0.25, 0.3) is 10.9 Å². The largest absolute Gasteiger partial charge is 0.451 e. The number of hydrogen-bond acceptors (Lipinski definition) is 5. The second kappa shape index (κ2) is 8.12. The second-order valence-corrected chi connectivity index (χ2v) is 7.78. The third kappa shape index (κ3) is 4.35. The van der Waals surface area contributed by atoms with Crippen LogP contribution in [0, 0.1) is 23.3 Å². The Morgan fingerprint density at radius 3 is 2.47 bits per heavy atom. The van der Waals surface area contributed by atoms with Crippen molar-refractivity contribution in [1.29, 1.82) is 0 Å². The molecule has 0 fully saturated rings. The van der Waals surface area contributed by atoms with Crippen molar-refractivity contribution in [2.75, 3.05) is 11.4 Å². The molecule has 6 nitrogen and oxygen atoms in total. The number of nitrogens with zero attached hydrogens (tertiary/aromatic N) is 3. The van der Waals surface area contributed by atoms with Gasteiger partial charge in [-0.15, -0.1) is 0 Å². The summed E-state index contributed by atoms with van der Waals surface area (Å²) in [5.74, 6) is -4.60. The van der Waals surface area contributed by atoms with Gasteiger partial charge in [-0.1, -0.05) is 0 Å². The summed E-state index contributed by atoms with van der Waals surface area (Å²) < 4.78 is 62.1. The number of rotatable bonds is 6. The first-order chi connectivity index (χ1) is 15.1. The van der Waals surface area contributed by atoms with E-state index in [9.17, 15) is 18.3 Å². The third-order valence-corrected chi connectivity index (χ3v) is 4.55. The van der Waals surface area contributed by atoms with Crippen LogP contribution in [0.5, 0.6) is 11.5 Å². The number of aromatic amines is 1. The van der Waals surface area contributed by atoms with Gasteiger partial charge in [0.25, 0.3) is 0 Å². The molecule has 0 amide bonds. The zero-order valence-corrected chi connectivity index (χ0v) is 17.0. The van der Waals surface area contributed by atoms with Crippen LogP contribution in [0.2, 0.25) is 0 Å². The summed E-state index contributed by atoms with van der Waals surface area (Å²) in [6.45, 7) is 2.89. The molecular weight excluding hydrogens is 428 g/mol. The molecule has 32 heavy (non-hydrogen) atoms. The lowest BCUT2D eigenvalue weighted by atomic mass is 10.1. The summed E-state index contributed by atoms with van der Waals surface area (Å²) in [7, 11) is 0. The van der Waals surface area contributed by atoms with Gasteiger partial charge in [-0.05, 0) is 32.0 Å². The van der Waals surface area contributed by atoms with Crippen molar-refractivity contribution >= 4 is 22.4 Å². The fraction of sp³-hybridized carbons (Fsp3) is 0.182. The molecule has 4 rings (SSSR count). The lowest BCUT2D eigenvalue weighted by Crippen LogP contribution is -2.36. The van der Waals surface area contributed by atoms with Crippen molar-refractivity contribution in [3.05, 3.63) is 72.1 Å². The Kier molecular flexibility index (Phi) is 5.47. The maximum absolute atomic E-state index is 15.2. The first kappa shape index (κ1) is 21.6. The van der Waals surface area contributed by atoms with Gasteiger partial charge in [-0.25, -0.2) is 22.5 Å². The number of fused-ring (bicyclic) bond motifs is 1. The predicted molar refractivity (Wildman–Crippen MR) is 110 cm³/mol. The first-order valence-electron chi connectivity index (χ1n) is 9.52. The molecule has 0 aliphatic rings. The van der Waals surface area contributed by atoms with Crippen molar-refractivity contribution < 1.29 is 27.4 Å². The fourth-order valence-electron chi connectivity index (χ4n) is 3.21. The number of aliphatic hydroxyl groups is 1. The molecule has 2 aromatic heterocycles. The summed E-state index contributed by atoms with van der Waals surface area (Å²) >= 11 is 0. The SMILES string of the molecule is CC(C)(O)CN(c1cc(F)c(Oc2ccc(F)cc2F)cc1F)c1nccc2[nH]ncc12. The normalized spacial score (nSPS) is 11.7. The van der Waals surface area contributed by atoms with Crippen LogP contribution < -0.4 is 9.64 Å². The second-order valence-electron chi connectivity index (χ2n) is 7.78. The average molecular weight is 446 g/mol. The number of halogens is 4. The van der Waals surface area contributed by atoms with Gasteiger partial charge in [-0.3, -0.25) is 5.10 Å². The van der Waals surface area contributed by atoms with E-state index in [0.717, 1.165) is 24.3 Å². The van der Waals surface area contributed by atoms with E-state index in [0.29, 0.717) is 17.0 Å². The van der Waals surface area contributed by atoms with Crippen molar-refractivity contribution in [3.63, 3.8) is 0 Å². The molecule has 0 saturated carbocycles. The zero-order chi connectivity index (χ0) is 23.0.